The van der Waals surface area contributed by atoms with Crippen LogP contribution >= 0.6 is 0 Å². The highest BCUT2D eigenvalue weighted by molar-refractivity contribution is 5.95. The summed E-state index contributed by atoms with van der Waals surface area (Å²) in [6.07, 6.45) is 1.11. The number of amides is 1. The minimum Gasteiger partial charge on any atom is -0.399 e. The SMILES string of the molecule is CC1CC(C)CN(C(=O)c2cc(N)ccc2F)C1. The first kappa shape index (κ1) is 12.9. The van der Waals surface area contributed by atoms with E-state index in [0.29, 0.717) is 30.6 Å². The lowest BCUT2D eigenvalue weighted by atomic mass is 9.91. The Bertz CT molecular complexity index is 451. The Morgan fingerprint density at radius 1 is 1.33 bits per heavy atom. The molecule has 1 aliphatic heterocycles. The molecule has 2 atom stereocenters. The number of nitrogen functional groups attached to an aromatic ring is 1. The van der Waals surface area contributed by atoms with E-state index in [-0.39, 0.29) is 11.5 Å². The van der Waals surface area contributed by atoms with Crippen molar-refractivity contribution in [3.05, 3.63) is 29.6 Å². The number of nitrogens with two attached hydrogens (primary N) is 1. The summed E-state index contributed by atoms with van der Waals surface area (Å²) in [6, 6.07) is 4.13. The third-order valence-corrected chi connectivity index (χ3v) is 3.38. The number of nitrogens with zero attached hydrogens (tertiary/aromatic N) is 1. The maximum absolute atomic E-state index is 13.7. The van der Waals surface area contributed by atoms with Gasteiger partial charge < -0.3 is 10.6 Å². The quantitative estimate of drug-likeness (QED) is 0.778. The molecule has 0 saturated carbocycles. The number of carbonyl (C=O) groups excluding carboxylic acids is 1. The molecule has 18 heavy (non-hydrogen) atoms. The van der Waals surface area contributed by atoms with Gasteiger partial charge in [0.05, 0.1) is 5.56 Å². The Morgan fingerprint density at radius 3 is 2.56 bits per heavy atom. The van der Waals surface area contributed by atoms with Crippen LogP contribution in [-0.2, 0) is 0 Å². The molecule has 1 amide bonds. The van der Waals surface area contributed by atoms with Crippen molar-refractivity contribution in [1.82, 2.24) is 4.90 Å². The molecule has 1 aromatic carbocycles. The van der Waals surface area contributed by atoms with Crippen LogP contribution in [0.25, 0.3) is 0 Å². The molecule has 1 fully saturated rings. The standard InChI is InChI=1S/C14H19FN2O/c1-9-5-10(2)8-17(7-9)14(18)12-6-11(16)3-4-13(12)15/h3-4,6,9-10H,5,7-8,16H2,1-2H3. The van der Waals surface area contributed by atoms with Gasteiger partial charge >= 0.3 is 0 Å². The molecule has 2 rings (SSSR count). The predicted octanol–water partition coefficient (Wildman–Crippen LogP) is 2.53. The molecular formula is C14H19FN2O. The molecule has 1 saturated heterocycles. The summed E-state index contributed by atoms with van der Waals surface area (Å²) in [5.74, 6) is 0.168. The lowest BCUT2D eigenvalue weighted by Crippen LogP contribution is -2.42. The number of hydrogen-bond donors (Lipinski definition) is 1. The third kappa shape index (κ3) is 2.63. The molecule has 0 spiro atoms. The summed E-state index contributed by atoms with van der Waals surface area (Å²) >= 11 is 0. The summed E-state index contributed by atoms with van der Waals surface area (Å²) in [7, 11) is 0. The second-order valence-electron chi connectivity index (χ2n) is 5.40. The second-order valence-corrected chi connectivity index (χ2v) is 5.40. The Labute approximate surface area is 107 Å². The number of benzene rings is 1. The highest BCUT2D eigenvalue weighted by Crippen LogP contribution is 2.23. The highest BCUT2D eigenvalue weighted by Gasteiger charge is 2.27. The molecule has 0 radical (unpaired) electrons. The highest BCUT2D eigenvalue weighted by atomic mass is 19.1. The number of likely N-dealkylation sites (tertiary alicyclic amines) is 1. The van der Waals surface area contributed by atoms with Crippen molar-refractivity contribution in [3.63, 3.8) is 0 Å². The van der Waals surface area contributed by atoms with Gasteiger partial charge in [-0.2, -0.15) is 0 Å². The fraction of sp³-hybridized carbons (Fsp3) is 0.500. The van der Waals surface area contributed by atoms with E-state index in [1.165, 1.54) is 18.2 Å². The summed E-state index contributed by atoms with van der Waals surface area (Å²) in [5, 5.41) is 0. The van der Waals surface area contributed by atoms with E-state index in [1.807, 2.05) is 0 Å². The molecule has 98 valence electrons. The molecule has 2 N–H and O–H groups in total. The normalized spacial score (nSPS) is 24.1. The average Bonchev–Trinajstić information content (AvgIpc) is 2.30. The summed E-state index contributed by atoms with van der Waals surface area (Å²) in [5.41, 5.74) is 6.11. The van der Waals surface area contributed by atoms with E-state index in [2.05, 4.69) is 13.8 Å². The van der Waals surface area contributed by atoms with Crippen LogP contribution in [0.5, 0.6) is 0 Å². The van der Waals surface area contributed by atoms with Gasteiger partial charge in [0.1, 0.15) is 5.82 Å². The number of piperidine rings is 1. The van der Waals surface area contributed by atoms with Gasteiger partial charge in [0.2, 0.25) is 0 Å². The van der Waals surface area contributed by atoms with Crippen LogP contribution in [0.15, 0.2) is 18.2 Å². The summed E-state index contributed by atoms with van der Waals surface area (Å²) in [4.78, 5) is 14.0. The smallest absolute Gasteiger partial charge is 0.256 e. The van der Waals surface area contributed by atoms with E-state index < -0.39 is 5.82 Å². The average molecular weight is 250 g/mol. The maximum Gasteiger partial charge on any atom is 0.256 e. The van der Waals surface area contributed by atoms with Crippen LogP contribution in [0, 0.1) is 17.7 Å². The van der Waals surface area contributed by atoms with E-state index in [4.69, 9.17) is 5.73 Å². The van der Waals surface area contributed by atoms with Gasteiger partial charge in [-0.05, 0) is 36.5 Å². The van der Waals surface area contributed by atoms with E-state index in [0.717, 1.165) is 6.42 Å². The topological polar surface area (TPSA) is 46.3 Å². The predicted molar refractivity (Wildman–Crippen MR) is 69.7 cm³/mol. The number of anilines is 1. The number of hydrogen-bond acceptors (Lipinski definition) is 2. The zero-order valence-corrected chi connectivity index (χ0v) is 10.8. The number of carbonyl (C=O) groups is 1. The zero-order chi connectivity index (χ0) is 13.3. The monoisotopic (exact) mass is 250 g/mol. The van der Waals surface area contributed by atoms with E-state index in [1.54, 1.807) is 4.90 Å². The number of rotatable bonds is 1. The van der Waals surface area contributed by atoms with Crippen LogP contribution in [-0.4, -0.2) is 23.9 Å². The van der Waals surface area contributed by atoms with Gasteiger partial charge in [-0.15, -0.1) is 0 Å². The summed E-state index contributed by atoms with van der Waals surface area (Å²) in [6.45, 7) is 5.62. The molecule has 0 aromatic heterocycles. The lowest BCUT2D eigenvalue weighted by molar-refractivity contribution is 0.0618. The van der Waals surface area contributed by atoms with Crippen LogP contribution < -0.4 is 5.73 Å². The van der Waals surface area contributed by atoms with Crippen LogP contribution in [0.3, 0.4) is 0 Å². The molecule has 1 aliphatic rings. The molecule has 1 heterocycles. The molecule has 4 heteroatoms. The molecule has 1 aromatic rings. The van der Waals surface area contributed by atoms with E-state index in [9.17, 15) is 9.18 Å². The van der Waals surface area contributed by atoms with Crippen molar-refractivity contribution in [1.29, 1.82) is 0 Å². The summed E-state index contributed by atoms with van der Waals surface area (Å²) < 4.78 is 13.7. The van der Waals surface area contributed by atoms with Crippen molar-refractivity contribution in [2.24, 2.45) is 11.8 Å². The van der Waals surface area contributed by atoms with E-state index >= 15 is 0 Å². The van der Waals surface area contributed by atoms with Gasteiger partial charge in [0.15, 0.2) is 0 Å². The Kier molecular flexibility index (Phi) is 3.55. The maximum atomic E-state index is 13.7. The zero-order valence-electron chi connectivity index (χ0n) is 10.8. The van der Waals surface area contributed by atoms with Gasteiger partial charge in [-0.3, -0.25) is 4.79 Å². The molecule has 2 unspecified atom stereocenters. The Morgan fingerprint density at radius 2 is 1.94 bits per heavy atom. The first-order valence-electron chi connectivity index (χ1n) is 6.31. The minimum atomic E-state index is -0.500. The van der Waals surface area contributed by atoms with Crippen LogP contribution in [0.2, 0.25) is 0 Å². The fourth-order valence-corrected chi connectivity index (χ4v) is 2.71. The Hall–Kier alpha value is -1.58. The van der Waals surface area contributed by atoms with Crippen molar-refractivity contribution in [3.8, 4) is 0 Å². The molecule has 0 aliphatic carbocycles. The van der Waals surface area contributed by atoms with Crippen molar-refractivity contribution >= 4 is 11.6 Å². The molecule has 3 nitrogen and oxygen atoms in total. The van der Waals surface area contributed by atoms with Gasteiger partial charge in [0.25, 0.3) is 5.91 Å². The lowest BCUT2D eigenvalue weighted by Gasteiger charge is -2.35. The van der Waals surface area contributed by atoms with Crippen LogP contribution in [0.1, 0.15) is 30.6 Å². The van der Waals surface area contributed by atoms with Gasteiger partial charge in [-0.25, -0.2) is 4.39 Å². The Balaban J connectivity index is 2.22. The van der Waals surface area contributed by atoms with Gasteiger partial charge in [0, 0.05) is 18.8 Å². The first-order chi connectivity index (χ1) is 8.47. The van der Waals surface area contributed by atoms with Crippen LogP contribution in [0.4, 0.5) is 10.1 Å². The van der Waals surface area contributed by atoms with Crippen molar-refractivity contribution < 1.29 is 9.18 Å². The van der Waals surface area contributed by atoms with Gasteiger partial charge in [-0.1, -0.05) is 13.8 Å². The largest absolute Gasteiger partial charge is 0.399 e. The van der Waals surface area contributed by atoms with Crippen molar-refractivity contribution in [2.45, 2.75) is 20.3 Å². The third-order valence-electron chi connectivity index (χ3n) is 3.38. The molecule has 0 bridgehead atoms. The van der Waals surface area contributed by atoms with Crippen molar-refractivity contribution in [2.75, 3.05) is 18.8 Å². The first-order valence-corrected chi connectivity index (χ1v) is 6.31. The second kappa shape index (κ2) is 4.96. The molecular weight excluding hydrogens is 231 g/mol. The number of halogens is 1. The fourth-order valence-electron chi connectivity index (χ4n) is 2.71. The minimum absolute atomic E-state index is 0.0799.